The van der Waals surface area contributed by atoms with Gasteiger partial charge in [-0.25, -0.2) is 4.68 Å². The number of hydrogen-bond donors (Lipinski definition) is 0. The highest BCUT2D eigenvalue weighted by atomic mass is 35.5. The summed E-state index contributed by atoms with van der Waals surface area (Å²) < 4.78 is 7.58. The van der Waals surface area contributed by atoms with Crippen molar-refractivity contribution in [3.8, 4) is 0 Å². The molecule has 0 spiro atoms. The average molecular weight is 390 g/mol. The first-order chi connectivity index (χ1) is 12.5. The fourth-order valence-electron chi connectivity index (χ4n) is 2.74. The standard InChI is InChI=1S/C17H13Cl2N5O2/c1-10(25)24-15(9-23-14-8-3-2-7-13(14)20-22-23)26-17(21-24)11-5-4-6-12(18)16(11)19/h2-8,15H,9H2,1H3. The van der Waals surface area contributed by atoms with E-state index in [4.69, 9.17) is 27.9 Å². The molecule has 0 bridgehead atoms. The molecule has 26 heavy (non-hydrogen) atoms. The van der Waals surface area contributed by atoms with Gasteiger partial charge in [0.15, 0.2) is 0 Å². The van der Waals surface area contributed by atoms with Gasteiger partial charge in [0.05, 0.1) is 21.1 Å². The molecule has 4 rings (SSSR count). The third-order valence-electron chi connectivity index (χ3n) is 3.97. The van der Waals surface area contributed by atoms with Crippen LogP contribution in [-0.2, 0) is 16.1 Å². The van der Waals surface area contributed by atoms with Gasteiger partial charge in [-0.1, -0.05) is 46.6 Å². The zero-order valence-electron chi connectivity index (χ0n) is 13.6. The van der Waals surface area contributed by atoms with Crippen LogP contribution in [0.2, 0.25) is 10.0 Å². The third-order valence-corrected chi connectivity index (χ3v) is 4.79. The highest BCUT2D eigenvalue weighted by molar-refractivity contribution is 6.43. The highest BCUT2D eigenvalue weighted by Crippen LogP contribution is 2.29. The number of ether oxygens (including phenoxy) is 1. The van der Waals surface area contributed by atoms with Crippen molar-refractivity contribution in [2.24, 2.45) is 5.10 Å². The lowest BCUT2D eigenvalue weighted by atomic mass is 10.2. The van der Waals surface area contributed by atoms with Crippen LogP contribution in [0.25, 0.3) is 11.0 Å². The van der Waals surface area contributed by atoms with Gasteiger partial charge in [0.2, 0.25) is 18.0 Å². The van der Waals surface area contributed by atoms with Crippen molar-refractivity contribution >= 4 is 46.0 Å². The molecule has 0 N–H and O–H groups in total. The maximum atomic E-state index is 12.0. The van der Waals surface area contributed by atoms with Crippen LogP contribution in [0.3, 0.4) is 0 Å². The van der Waals surface area contributed by atoms with Crippen molar-refractivity contribution in [1.82, 2.24) is 20.0 Å². The van der Waals surface area contributed by atoms with Crippen LogP contribution in [-0.4, -0.2) is 38.0 Å². The van der Waals surface area contributed by atoms with Gasteiger partial charge in [0.1, 0.15) is 12.1 Å². The second-order valence-electron chi connectivity index (χ2n) is 5.70. The molecule has 0 radical (unpaired) electrons. The predicted molar refractivity (Wildman–Crippen MR) is 97.9 cm³/mol. The molecule has 0 aliphatic carbocycles. The molecule has 1 amide bonds. The fraction of sp³-hybridized carbons (Fsp3) is 0.176. The smallest absolute Gasteiger partial charge is 0.243 e. The van der Waals surface area contributed by atoms with Crippen molar-refractivity contribution in [1.29, 1.82) is 0 Å². The SMILES string of the molecule is CC(=O)N1N=C(c2cccc(Cl)c2Cl)OC1Cn1nnc2ccccc21. The van der Waals surface area contributed by atoms with E-state index in [2.05, 4.69) is 15.4 Å². The summed E-state index contributed by atoms with van der Waals surface area (Å²) in [5, 5.41) is 14.5. The lowest BCUT2D eigenvalue weighted by molar-refractivity contribution is -0.135. The minimum Gasteiger partial charge on any atom is -0.448 e. The van der Waals surface area contributed by atoms with Gasteiger partial charge in [0, 0.05) is 6.92 Å². The van der Waals surface area contributed by atoms with Gasteiger partial charge in [-0.05, 0) is 24.3 Å². The molecule has 1 aliphatic heterocycles. The molecule has 0 fully saturated rings. The lowest BCUT2D eigenvalue weighted by Crippen LogP contribution is -2.35. The molecule has 132 valence electrons. The minimum absolute atomic E-state index is 0.238. The molecular weight excluding hydrogens is 377 g/mol. The largest absolute Gasteiger partial charge is 0.448 e. The summed E-state index contributed by atoms with van der Waals surface area (Å²) in [6.07, 6.45) is -0.664. The lowest BCUT2D eigenvalue weighted by Gasteiger charge is -2.19. The number of hydrazone groups is 1. The zero-order valence-corrected chi connectivity index (χ0v) is 15.1. The van der Waals surface area contributed by atoms with Crippen LogP contribution in [0.5, 0.6) is 0 Å². The second-order valence-corrected chi connectivity index (χ2v) is 6.49. The Balaban J connectivity index is 1.65. The fourth-order valence-corrected chi connectivity index (χ4v) is 3.12. The number of carbonyl (C=O) groups excluding carboxylic acids is 1. The van der Waals surface area contributed by atoms with Gasteiger partial charge >= 0.3 is 0 Å². The number of fused-ring (bicyclic) bond motifs is 1. The van der Waals surface area contributed by atoms with E-state index in [0.717, 1.165) is 11.0 Å². The molecule has 1 unspecified atom stereocenters. The van der Waals surface area contributed by atoms with Crippen LogP contribution in [0.4, 0.5) is 0 Å². The summed E-state index contributed by atoms with van der Waals surface area (Å²) in [6, 6.07) is 12.7. The summed E-state index contributed by atoms with van der Waals surface area (Å²) in [5.41, 5.74) is 2.13. The third kappa shape index (κ3) is 2.89. The number of aromatic nitrogens is 3. The Morgan fingerprint density at radius 2 is 2.00 bits per heavy atom. The van der Waals surface area contributed by atoms with Crippen molar-refractivity contribution in [2.45, 2.75) is 19.7 Å². The Hall–Kier alpha value is -2.64. The van der Waals surface area contributed by atoms with E-state index >= 15 is 0 Å². The minimum atomic E-state index is -0.664. The summed E-state index contributed by atoms with van der Waals surface area (Å²) in [6.45, 7) is 1.69. The number of nitrogens with zero attached hydrogens (tertiary/aromatic N) is 5. The number of hydrogen-bond acceptors (Lipinski definition) is 5. The van der Waals surface area contributed by atoms with Crippen LogP contribution in [0, 0.1) is 0 Å². The second kappa shape index (κ2) is 6.59. The number of halogens is 2. The Labute approximate surface area is 158 Å². The number of benzene rings is 2. The van der Waals surface area contributed by atoms with E-state index in [1.807, 2.05) is 24.3 Å². The van der Waals surface area contributed by atoms with E-state index in [9.17, 15) is 4.79 Å². The maximum absolute atomic E-state index is 12.0. The summed E-state index contributed by atoms with van der Waals surface area (Å²) in [5.74, 6) is -0.0188. The number of carbonyl (C=O) groups is 1. The quantitative estimate of drug-likeness (QED) is 0.688. The molecule has 0 saturated carbocycles. The van der Waals surface area contributed by atoms with Crippen molar-refractivity contribution < 1.29 is 9.53 Å². The monoisotopic (exact) mass is 389 g/mol. The molecule has 7 nitrogen and oxygen atoms in total. The van der Waals surface area contributed by atoms with Crippen LogP contribution >= 0.6 is 23.2 Å². The molecule has 9 heteroatoms. The Morgan fingerprint density at radius 3 is 2.81 bits per heavy atom. The molecule has 0 saturated heterocycles. The van der Waals surface area contributed by atoms with Gasteiger partial charge in [0.25, 0.3) is 0 Å². The highest BCUT2D eigenvalue weighted by Gasteiger charge is 2.33. The van der Waals surface area contributed by atoms with Crippen LogP contribution in [0.15, 0.2) is 47.6 Å². The zero-order chi connectivity index (χ0) is 18.3. The van der Waals surface area contributed by atoms with E-state index in [0.29, 0.717) is 15.6 Å². The van der Waals surface area contributed by atoms with Crippen molar-refractivity contribution in [3.63, 3.8) is 0 Å². The van der Waals surface area contributed by atoms with E-state index in [1.54, 1.807) is 22.9 Å². The molecule has 2 aromatic carbocycles. The maximum Gasteiger partial charge on any atom is 0.243 e. The first-order valence-corrected chi connectivity index (χ1v) is 8.58. The first-order valence-electron chi connectivity index (χ1n) is 7.82. The molecule has 3 aromatic rings. The normalized spacial score (nSPS) is 16.7. The summed E-state index contributed by atoms with van der Waals surface area (Å²) in [7, 11) is 0. The summed E-state index contributed by atoms with van der Waals surface area (Å²) >= 11 is 12.3. The van der Waals surface area contributed by atoms with Gasteiger partial charge in [-0.3, -0.25) is 4.79 Å². The van der Waals surface area contributed by atoms with E-state index < -0.39 is 6.23 Å². The number of rotatable bonds is 3. The van der Waals surface area contributed by atoms with Gasteiger partial charge < -0.3 is 4.74 Å². The Bertz CT molecular complexity index is 1030. The van der Waals surface area contributed by atoms with Gasteiger partial charge in [-0.15, -0.1) is 10.2 Å². The molecule has 1 atom stereocenters. The van der Waals surface area contributed by atoms with Crippen molar-refractivity contribution in [3.05, 3.63) is 58.1 Å². The first kappa shape index (κ1) is 16.8. The molecule has 1 aromatic heterocycles. The molecule has 1 aliphatic rings. The van der Waals surface area contributed by atoms with Crippen LogP contribution in [0.1, 0.15) is 12.5 Å². The Morgan fingerprint density at radius 1 is 1.19 bits per heavy atom. The van der Waals surface area contributed by atoms with Crippen molar-refractivity contribution in [2.75, 3.05) is 0 Å². The number of para-hydroxylation sites is 1. The van der Waals surface area contributed by atoms with Crippen LogP contribution < -0.4 is 0 Å². The topological polar surface area (TPSA) is 72.6 Å². The van der Waals surface area contributed by atoms with E-state index in [1.165, 1.54) is 11.9 Å². The average Bonchev–Trinajstić information content (AvgIpc) is 3.23. The Kier molecular flexibility index (Phi) is 4.26. The number of amides is 1. The van der Waals surface area contributed by atoms with E-state index in [-0.39, 0.29) is 18.3 Å². The summed E-state index contributed by atoms with van der Waals surface area (Å²) in [4.78, 5) is 12.0. The molecule has 2 heterocycles. The predicted octanol–water partition coefficient (Wildman–Crippen LogP) is 3.30. The molecular formula is C17H13Cl2N5O2. The van der Waals surface area contributed by atoms with Gasteiger partial charge in [-0.2, -0.15) is 5.01 Å².